The van der Waals surface area contributed by atoms with E-state index in [1.807, 2.05) is 43.0 Å². The van der Waals surface area contributed by atoms with Crippen molar-refractivity contribution in [1.82, 2.24) is 15.2 Å². The Morgan fingerprint density at radius 1 is 1.10 bits per heavy atom. The number of carbonyl (C=O) groups excluding carboxylic acids is 1. The van der Waals surface area contributed by atoms with E-state index in [4.69, 9.17) is 0 Å². The van der Waals surface area contributed by atoms with Crippen LogP contribution in [0.15, 0.2) is 42.6 Å². The number of nitrogens with zero attached hydrogens (tertiary/aromatic N) is 3. The van der Waals surface area contributed by atoms with Gasteiger partial charge in [0.2, 0.25) is 5.91 Å². The molecule has 1 aliphatic rings. The molecule has 1 saturated heterocycles. The molecule has 2 heterocycles. The van der Waals surface area contributed by atoms with Crippen LogP contribution >= 0.6 is 0 Å². The Kier molecular flexibility index (Phi) is 7.54. The Morgan fingerprint density at radius 2 is 1.84 bits per heavy atom. The lowest BCUT2D eigenvalue weighted by molar-refractivity contribution is -0.137. The van der Waals surface area contributed by atoms with Gasteiger partial charge in [0, 0.05) is 32.4 Å². The minimum atomic E-state index is -4.39. The number of hydrogen-bond acceptors (Lipinski definition) is 4. The number of hydrogen-bond donors (Lipinski definition) is 1. The van der Waals surface area contributed by atoms with Crippen LogP contribution in [-0.2, 0) is 11.0 Å². The third-order valence-electron chi connectivity index (χ3n) is 5.58. The summed E-state index contributed by atoms with van der Waals surface area (Å²) in [7, 11) is 0. The highest BCUT2D eigenvalue weighted by atomic mass is 19.4. The number of halogens is 3. The largest absolute Gasteiger partial charge is 0.417 e. The van der Waals surface area contributed by atoms with Gasteiger partial charge in [-0.25, -0.2) is 4.98 Å². The Labute approximate surface area is 181 Å². The summed E-state index contributed by atoms with van der Waals surface area (Å²) >= 11 is 0. The molecule has 1 aromatic carbocycles. The number of aromatic nitrogens is 1. The van der Waals surface area contributed by atoms with Crippen LogP contribution in [0.4, 0.5) is 19.0 Å². The monoisotopic (exact) mass is 434 g/mol. The fraction of sp³-hybridized carbons (Fsp3) is 0.478. The van der Waals surface area contributed by atoms with Crippen molar-refractivity contribution in [2.45, 2.75) is 38.9 Å². The maximum Gasteiger partial charge on any atom is 0.417 e. The lowest BCUT2D eigenvalue weighted by atomic mass is 10.0. The first-order valence-electron chi connectivity index (χ1n) is 10.6. The minimum Gasteiger partial charge on any atom is -0.355 e. The van der Waals surface area contributed by atoms with Crippen molar-refractivity contribution in [3.05, 3.63) is 59.3 Å². The lowest BCUT2D eigenvalue weighted by Gasteiger charge is -2.24. The van der Waals surface area contributed by atoms with Crippen LogP contribution in [0.1, 0.15) is 42.5 Å². The van der Waals surface area contributed by atoms with Crippen molar-refractivity contribution in [1.29, 1.82) is 0 Å². The van der Waals surface area contributed by atoms with Crippen LogP contribution in [0.25, 0.3) is 0 Å². The number of rotatable bonds is 6. The van der Waals surface area contributed by atoms with Crippen LogP contribution in [0.2, 0.25) is 0 Å². The predicted octanol–water partition coefficient (Wildman–Crippen LogP) is 4.19. The van der Waals surface area contributed by atoms with Gasteiger partial charge in [0.05, 0.1) is 18.2 Å². The van der Waals surface area contributed by atoms with Gasteiger partial charge >= 0.3 is 6.18 Å². The minimum absolute atomic E-state index is 0.0199. The summed E-state index contributed by atoms with van der Waals surface area (Å²) in [5.74, 6) is 0.512. The SMILES string of the molecule is CCC(NC(=O)CN1CCCN(c2ccc(C(F)(F)F)cn2)CC1)c1ccc(C)cc1. The Balaban J connectivity index is 1.53. The second kappa shape index (κ2) is 10.1. The molecule has 0 bridgehead atoms. The normalized spacial score (nSPS) is 16.6. The molecule has 168 valence electrons. The quantitative estimate of drug-likeness (QED) is 0.741. The summed E-state index contributed by atoms with van der Waals surface area (Å²) < 4.78 is 38.2. The molecular weight excluding hydrogens is 405 g/mol. The molecule has 1 aliphatic heterocycles. The molecule has 5 nitrogen and oxygen atoms in total. The molecule has 1 amide bonds. The Hall–Kier alpha value is -2.61. The van der Waals surface area contributed by atoms with E-state index in [0.29, 0.717) is 32.0 Å². The number of pyridine rings is 1. The highest BCUT2D eigenvalue weighted by molar-refractivity contribution is 5.78. The summed E-state index contributed by atoms with van der Waals surface area (Å²) in [5, 5.41) is 3.12. The molecule has 0 saturated carbocycles. The zero-order valence-corrected chi connectivity index (χ0v) is 18.0. The van der Waals surface area contributed by atoms with E-state index in [9.17, 15) is 18.0 Å². The van der Waals surface area contributed by atoms with Crippen LogP contribution < -0.4 is 10.2 Å². The fourth-order valence-corrected chi connectivity index (χ4v) is 3.76. The number of amides is 1. The highest BCUT2D eigenvalue weighted by Crippen LogP contribution is 2.29. The zero-order chi connectivity index (χ0) is 22.4. The van der Waals surface area contributed by atoms with Crippen molar-refractivity contribution in [2.24, 2.45) is 0 Å². The molecule has 0 aliphatic carbocycles. The number of benzene rings is 1. The number of nitrogens with one attached hydrogen (secondary N) is 1. The van der Waals surface area contributed by atoms with Gasteiger partial charge in [-0.15, -0.1) is 0 Å². The third kappa shape index (κ3) is 6.43. The molecule has 0 radical (unpaired) electrons. The summed E-state index contributed by atoms with van der Waals surface area (Å²) in [5.41, 5.74) is 1.53. The molecule has 3 rings (SSSR count). The van der Waals surface area contributed by atoms with Crippen LogP contribution in [0, 0.1) is 6.92 Å². The molecule has 1 aromatic heterocycles. The van der Waals surface area contributed by atoms with E-state index < -0.39 is 11.7 Å². The number of alkyl halides is 3. The molecule has 1 fully saturated rings. The van der Waals surface area contributed by atoms with E-state index in [2.05, 4.69) is 15.2 Å². The molecule has 1 N–H and O–H groups in total. The molecule has 1 atom stereocenters. The maximum atomic E-state index is 12.7. The summed E-state index contributed by atoms with van der Waals surface area (Å²) in [6.07, 6.45) is -1.89. The first-order valence-corrected chi connectivity index (χ1v) is 10.6. The second-order valence-corrected chi connectivity index (χ2v) is 7.96. The first-order chi connectivity index (χ1) is 14.8. The summed E-state index contributed by atoms with van der Waals surface area (Å²) in [6, 6.07) is 10.6. The van der Waals surface area contributed by atoms with Crippen LogP contribution in [0.3, 0.4) is 0 Å². The molecule has 2 aromatic rings. The highest BCUT2D eigenvalue weighted by Gasteiger charge is 2.31. The van der Waals surface area contributed by atoms with E-state index >= 15 is 0 Å². The van der Waals surface area contributed by atoms with Crippen molar-refractivity contribution in [3.8, 4) is 0 Å². The maximum absolute atomic E-state index is 12.7. The summed E-state index contributed by atoms with van der Waals surface area (Å²) in [6.45, 7) is 7.09. The second-order valence-electron chi connectivity index (χ2n) is 7.96. The summed E-state index contributed by atoms with van der Waals surface area (Å²) in [4.78, 5) is 20.7. The Morgan fingerprint density at radius 3 is 2.45 bits per heavy atom. The van der Waals surface area contributed by atoms with Gasteiger partial charge in [-0.2, -0.15) is 13.2 Å². The average Bonchev–Trinajstić information content (AvgIpc) is 2.98. The Bertz CT molecular complexity index is 853. The molecule has 1 unspecified atom stereocenters. The smallest absolute Gasteiger partial charge is 0.355 e. The third-order valence-corrected chi connectivity index (χ3v) is 5.58. The van der Waals surface area contributed by atoms with Gasteiger partial charge in [-0.3, -0.25) is 9.69 Å². The lowest BCUT2D eigenvalue weighted by Crippen LogP contribution is -2.40. The number of carbonyl (C=O) groups is 1. The molecule has 0 spiro atoms. The average molecular weight is 435 g/mol. The number of aryl methyl sites for hydroxylation is 1. The van der Waals surface area contributed by atoms with E-state index in [0.717, 1.165) is 37.2 Å². The van der Waals surface area contributed by atoms with Gasteiger partial charge in [0.1, 0.15) is 5.82 Å². The van der Waals surface area contributed by atoms with Gasteiger partial charge < -0.3 is 10.2 Å². The van der Waals surface area contributed by atoms with Crippen molar-refractivity contribution >= 4 is 11.7 Å². The molecule has 31 heavy (non-hydrogen) atoms. The molecule has 8 heteroatoms. The van der Waals surface area contributed by atoms with E-state index in [1.54, 1.807) is 0 Å². The van der Waals surface area contributed by atoms with Crippen LogP contribution in [-0.4, -0.2) is 48.5 Å². The zero-order valence-electron chi connectivity index (χ0n) is 18.0. The van der Waals surface area contributed by atoms with Crippen LogP contribution in [0.5, 0.6) is 0 Å². The van der Waals surface area contributed by atoms with Gasteiger partial charge in [0.15, 0.2) is 0 Å². The standard InChI is InChI=1S/C23H29F3N4O/c1-3-20(18-7-5-17(2)6-8-18)28-22(31)16-29-11-4-12-30(14-13-29)21-10-9-19(15-27-21)23(24,25)26/h5-10,15,20H,3-4,11-14,16H2,1-2H3,(H,28,31). The molecular formula is C23H29F3N4O. The van der Waals surface area contributed by atoms with E-state index in [-0.39, 0.29) is 11.9 Å². The number of anilines is 1. The van der Waals surface area contributed by atoms with E-state index in [1.165, 1.54) is 11.6 Å². The van der Waals surface area contributed by atoms with Crippen molar-refractivity contribution < 1.29 is 18.0 Å². The topological polar surface area (TPSA) is 48.5 Å². The van der Waals surface area contributed by atoms with Gasteiger partial charge in [-0.1, -0.05) is 36.8 Å². The van der Waals surface area contributed by atoms with Crippen molar-refractivity contribution in [2.75, 3.05) is 37.6 Å². The van der Waals surface area contributed by atoms with Gasteiger partial charge in [-0.05, 0) is 37.5 Å². The fourth-order valence-electron chi connectivity index (χ4n) is 3.76. The first kappa shape index (κ1) is 23.1. The van der Waals surface area contributed by atoms with Gasteiger partial charge in [0.25, 0.3) is 0 Å². The van der Waals surface area contributed by atoms with Crippen molar-refractivity contribution in [3.63, 3.8) is 0 Å². The predicted molar refractivity (Wildman–Crippen MR) is 115 cm³/mol.